The largest absolute Gasteiger partial charge is 0.507 e. The molecule has 0 aromatic heterocycles. The molecule has 0 spiro atoms. The topological polar surface area (TPSA) is 37.3 Å². The highest BCUT2D eigenvalue weighted by Gasteiger charge is 2.06. The summed E-state index contributed by atoms with van der Waals surface area (Å²) in [7, 11) is 0. The second-order valence-corrected chi connectivity index (χ2v) is 3.28. The van der Waals surface area contributed by atoms with Gasteiger partial charge in [-0.1, -0.05) is 24.9 Å². The summed E-state index contributed by atoms with van der Waals surface area (Å²) in [4.78, 5) is 10.4. The number of hydrogen-bond donors (Lipinski definition) is 1. The molecule has 0 saturated heterocycles. The van der Waals surface area contributed by atoms with Gasteiger partial charge in [-0.05, 0) is 24.1 Å². The van der Waals surface area contributed by atoms with Crippen molar-refractivity contribution in [1.82, 2.24) is 0 Å². The normalized spacial score (nSPS) is 10.0. The number of aldehydes is 1. The van der Waals surface area contributed by atoms with Gasteiger partial charge in [-0.3, -0.25) is 4.79 Å². The Morgan fingerprint density at radius 3 is 2.77 bits per heavy atom. The van der Waals surface area contributed by atoms with E-state index in [1.807, 2.05) is 6.92 Å². The van der Waals surface area contributed by atoms with Crippen molar-refractivity contribution in [2.75, 3.05) is 0 Å². The Bertz CT molecular complexity index is 321. The summed E-state index contributed by atoms with van der Waals surface area (Å²) < 4.78 is 0. The van der Waals surface area contributed by atoms with E-state index in [0.717, 1.165) is 18.4 Å². The van der Waals surface area contributed by atoms with Crippen molar-refractivity contribution in [2.45, 2.75) is 19.8 Å². The predicted molar refractivity (Wildman–Crippen MR) is 52.5 cm³/mol. The highest BCUT2D eigenvalue weighted by molar-refractivity contribution is 6.31. The number of rotatable bonds is 3. The molecular formula is C10H11ClO2. The number of phenols is 1. The molecule has 70 valence electrons. The van der Waals surface area contributed by atoms with Gasteiger partial charge in [0.1, 0.15) is 5.75 Å². The third-order valence-corrected chi connectivity index (χ3v) is 2.19. The van der Waals surface area contributed by atoms with Crippen LogP contribution in [0.1, 0.15) is 29.3 Å². The molecule has 0 unspecified atom stereocenters. The van der Waals surface area contributed by atoms with Gasteiger partial charge in [-0.15, -0.1) is 0 Å². The first-order valence-corrected chi connectivity index (χ1v) is 4.53. The van der Waals surface area contributed by atoms with Gasteiger partial charge < -0.3 is 5.11 Å². The number of carbonyl (C=O) groups is 1. The molecule has 0 heterocycles. The average molecular weight is 199 g/mol. The summed E-state index contributed by atoms with van der Waals surface area (Å²) in [5.41, 5.74) is 1.12. The van der Waals surface area contributed by atoms with E-state index >= 15 is 0 Å². The quantitative estimate of drug-likeness (QED) is 0.759. The zero-order valence-corrected chi connectivity index (χ0v) is 8.14. The molecule has 0 bridgehead atoms. The van der Waals surface area contributed by atoms with Crippen molar-refractivity contribution < 1.29 is 9.90 Å². The van der Waals surface area contributed by atoms with Crippen LogP contribution in [0.5, 0.6) is 5.75 Å². The first kappa shape index (κ1) is 10.1. The standard InChI is InChI=1S/C10H11ClO2/c1-2-3-7-5-10(13)8(6-12)4-9(7)11/h4-6,13H,2-3H2,1H3. The molecule has 1 rings (SSSR count). The molecule has 3 heteroatoms. The van der Waals surface area contributed by atoms with Crippen LogP contribution in [-0.4, -0.2) is 11.4 Å². The number of carbonyl (C=O) groups excluding carboxylic acids is 1. The molecule has 1 aromatic carbocycles. The van der Waals surface area contributed by atoms with Crippen molar-refractivity contribution in [3.05, 3.63) is 28.3 Å². The number of halogens is 1. The summed E-state index contributed by atoms with van der Waals surface area (Å²) in [6.45, 7) is 2.03. The molecule has 0 fully saturated rings. The maximum absolute atomic E-state index is 10.4. The minimum absolute atomic E-state index is 0.00264. The molecule has 0 aliphatic heterocycles. The number of benzene rings is 1. The predicted octanol–water partition coefficient (Wildman–Crippen LogP) is 2.81. The SMILES string of the molecule is CCCc1cc(O)c(C=O)cc1Cl. The smallest absolute Gasteiger partial charge is 0.153 e. The Balaban J connectivity index is 3.12. The number of hydrogen-bond acceptors (Lipinski definition) is 2. The van der Waals surface area contributed by atoms with Crippen molar-refractivity contribution >= 4 is 17.9 Å². The summed E-state index contributed by atoms with van der Waals surface area (Å²) in [5.74, 6) is 0.00264. The lowest BCUT2D eigenvalue weighted by Crippen LogP contribution is -1.89. The van der Waals surface area contributed by atoms with Crippen LogP contribution in [0.4, 0.5) is 0 Å². The lowest BCUT2D eigenvalue weighted by Gasteiger charge is -2.04. The highest BCUT2D eigenvalue weighted by Crippen LogP contribution is 2.25. The minimum atomic E-state index is 0.00264. The van der Waals surface area contributed by atoms with Gasteiger partial charge >= 0.3 is 0 Å². The fraction of sp³-hybridized carbons (Fsp3) is 0.300. The molecule has 0 amide bonds. The lowest BCUT2D eigenvalue weighted by atomic mass is 10.1. The van der Waals surface area contributed by atoms with Crippen LogP contribution in [0.25, 0.3) is 0 Å². The van der Waals surface area contributed by atoms with E-state index < -0.39 is 0 Å². The number of aromatic hydroxyl groups is 1. The summed E-state index contributed by atoms with van der Waals surface area (Å²) >= 11 is 5.89. The molecular weight excluding hydrogens is 188 g/mol. The van der Waals surface area contributed by atoms with Gasteiger partial charge in [-0.25, -0.2) is 0 Å². The molecule has 0 saturated carbocycles. The average Bonchev–Trinajstić information content (AvgIpc) is 2.11. The third-order valence-electron chi connectivity index (χ3n) is 1.84. The molecule has 0 aliphatic carbocycles. The van der Waals surface area contributed by atoms with E-state index in [0.29, 0.717) is 11.3 Å². The van der Waals surface area contributed by atoms with Crippen molar-refractivity contribution in [3.8, 4) is 5.75 Å². The van der Waals surface area contributed by atoms with Crippen LogP contribution in [-0.2, 0) is 6.42 Å². The molecule has 2 nitrogen and oxygen atoms in total. The third kappa shape index (κ3) is 2.22. The second kappa shape index (κ2) is 4.28. The maximum Gasteiger partial charge on any atom is 0.153 e. The second-order valence-electron chi connectivity index (χ2n) is 2.87. The zero-order valence-electron chi connectivity index (χ0n) is 7.38. The van der Waals surface area contributed by atoms with Crippen molar-refractivity contribution in [2.24, 2.45) is 0 Å². The van der Waals surface area contributed by atoms with E-state index in [1.54, 1.807) is 6.07 Å². The number of aryl methyl sites for hydroxylation is 1. The van der Waals surface area contributed by atoms with Crippen LogP contribution in [0.3, 0.4) is 0 Å². The van der Waals surface area contributed by atoms with Crippen LogP contribution < -0.4 is 0 Å². The molecule has 13 heavy (non-hydrogen) atoms. The Labute approximate surface area is 82.2 Å². The van der Waals surface area contributed by atoms with E-state index in [1.165, 1.54) is 6.07 Å². The van der Waals surface area contributed by atoms with Gasteiger partial charge in [0.05, 0.1) is 5.56 Å². The Hall–Kier alpha value is -1.02. The van der Waals surface area contributed by atoms with Crippen LogP contribution >= 0.6 is 11.6 Å². The van der Waals surface area contributed by atoms with Crippen LogP contribution in [0.15, 0.2) is 12.1 Å². The van der Waals surface area contributed by atoms with Gasteiger partial charge in [0.2, 0.25) is 0 Å². The summed E-state index contributed by atoms with van der Waals surface area (Å²) in [6.07, 6.45) is 2.36. The first-order valence-electron chi connectivity index (χ1n) is 4.15. The van der Waals surface area contributed by atoms with Crippen molar-refractivity contribution in [1.29, 1.82) is 0 Å². The fourth-order valence-corrected chi connectivity index (χ4v) is 1.44. The van der Waals surface area contributed by atoms with Gasteiger partial charge in [-0.2, -0.15) is 0 Å². The van der Waals surface area contributed by atoms with Crippen LogP contribution in [0.2, 0.25) is 5.02 Å². The van der Waals surface area contributed by atoms with E-state index in [9.17, 15) is 9.90 Å². The number of phenolic OH excluding ortho intramolecular Hbond substituents is 1. The molecule has 1 N–H and O–H groups in total. The lowest BCUT2D eigenvalue weighted by molar-refractivity contribution is 0.112. The Morgan fingerprint density at radius 2 is 2.23 bits per heavy atom. The van der Waals surface area contributed by atoms with Gasteiger partial charge in [0.15, 0.2) is 6.29 Å². The van der Waals surface area contributed by atoms with Crippen molar-refractivity contribution in [3.63, 3.8) is 0 Å². The Morgan fingerprint density at radius 1 is 1.54 bits per heavy atom. The zero-order chi connectivity index (χ0) is 9.84. The Kier molecular flexibility index (Phi) is 3.32. The van der Waals surface area contributed by atoms with Gasteiger partial charge in [0.25, 0.3) is 0 Å². The molecule has 0 atom stereocenters. The molecule has 1 aromatic rings. The molecule has 0 aliphatic rings. The van der Waals surface area contributed by atoms with Gasteiger partial charge in [0, 0.05) is 5.02 Å². The highest BCUT2D eigenvalue weighted by atomic mass is 35.5. The monoisotopic (exact) mass is 198 g/mol. The fourth-order valence-electron chi connectivity index (χ4n) is 1.18. The summed E-state index contributed by atoms with van der Waals surface area (Å²) in [5, 5.41) is 9.90. The minimum Gasteiger partial charge on any atom is -0.507 e. The summed E-state index contributed by atoms with van der Waals surface area (Å²) in [6, 6.07) is 3.05. The molecule has 0 radical (unpaired) electrons. The van der Waals surface area contributed by atoms with E-state index in [-0.39, 0.29) is 11.3 Å². The first-order chi connectivity index (χ1) is 6.19. The maximum atomic E-state index is 10.4. The van der Waals surface area contributed by atoms with Crippen LogP contribution in [0, 0.1) is 0 Å². The van der Waals surface area contributed by atoms with E-state index in [2.05, 4.69) is 0 Å². The van der Waals surface area contributed by atoms with E-state index in [4.69, 9.17) is 11.6 Å².